The second-order valence-electron chi connectivity index (χ2n) is 2.36. The minimum absolute atomic E-state index is 0.332. The van der Waals surface area contributed by atoms with E-state index in [9.17, 15) is 4.79 Å². The summed E-state index contributed by atoms with van der Waals surface area (Å²) < 4.78 is 4.87. The topological polar surface area (TPSA) is 39.2 Å². The number of alkyl halides is 1. The van der Waals surface area contributed by atoms with E-state index in [1.54, 1.807) is 6.92 Å². The summed E-state index contributed by atoms with van der Waals surface area (Å²) in [4.78, 5) is 16.4. The van der Waals surface area contributed by atoms with E-state index in [4.69, 9.17) is 4.74 Å². The van der Waals surface area contributed by atoms with Gasteiger partial charge in [-0.3, -0.25) is 0 Å². The molecule has 0 aromatic carbocycles. The van der Waals surface area contributed by atoms with Crippen LogP contribution in [0.4, 0.5) is 0 Å². The molecule has 0 N–H and O–H groups in total. The van der Waals surface area contributed by atoms with Crippen LogP contribution in [0.2, 0.25) is 0 Å². The zero-order chi connectivity index (χ0) is 9.84. The lowest BCUT2D eigenvalue weighted by molar-refractivity contribution is 0.0519. The molecule has 0 fully saturated rings. The molecule has 0 radical (unpaired) electrons. The van der Waals surface area contributed by atoms with Crippen LogP contribution in [0.5, 0.6) is 0 Å². The van der Waals surface area contributed by atoms with Crippen molar-refractivity contribution >= 4 is 33.2 Å². The van der Waals surface area contributed by atoms with Gasteiger partial charge in [-0.1, -0.05) is 15.9 Å². The molecule has 1 rings (SSSR count). The lowest BCUT2D eigenvalue weighted by Crippen LogP contribution is -2.07. The second-order valence-corrected chi connectivity index (χ2v) is 4.21. The van der Waals surface area contributed by atoms with Crippen LogP contribution in [-0.4, -0.2) is 17.6 Å². The molecule has 1 aromatic rings. The summed E-state index contributed by atoms with van der Waals surface area (Å²) in [6.07, 6.45) is 0. The van der Waals surface area contributed by atoms with Gasteiger partial charge in [0, 0.05) is 5.33 Å². The minimum atomic E-state index is -0.332. The summed E-state index contributed by atoms with van der Waals surface area (Å²) in [5, 5.41) is 1.53. The van der Waals surface area contributed by atoms with Crippen molar-refractivity contribution in [1.29, 1.82) is 0 Å². The number of carbonyl (C=O) groups excluding carboxylic acids is 1. The summed E-state index contributed by atoms with van der Waals surface area (Å²) in [5.74, 6) is -0.332. The number of halogens is 1. The first-order valence-electron chi connectivity index (χ1n) is 3.88. The largest absolute Gasteiger partial charge is 0.461 e. The number of hydrogen-bond acceptors (Lipinski definition) is 4. The third-order valence-corrected chi connectivity index (χ3v) is 3.30. The van der Waals surface area contributed by atoms with E-state index in [0.717, 1.165) is 9.88 Å². The third kappa shape index (κ3) is 2.51. The number of hydrogen-bond donors (Lipinski definition) is 0. The Balaban J connectivity index is 2.91. The Morgan fingerprint density at radius 3 is 2.92 bits per heavy atom. The molecule has 0 aliphatic heterocycles. The summed E-state index contributed by atoms with van der Waals surface area (Å²) in [6, 6.07) is 0. The van der Waals surface area contributed by atoms with Gasteiger partial charge in [0.25, 0.3) is 0 Å². The lowest BCUT2D eigenvalue weighted by atomic mass is 10.4. The van der Waals surface area contributed by atoms with Gasteiger partial charge in [-0.2, -0.15) is 0 Å². The molecule has 0 spiro atoms. The zero-order valence-electron chi connectivity index (χ0n) is 7.46. The second kappa shape index (κ2) is 4.72. The summed E-state index contributed by atoms with van der Waals surface area (Å²) >= 11 is 4.81. The molecular weight excluding hydrogens is 254 g/mol. The van der Waals surface area contributed by atoms with Crippen molar-refractivity contribution in [3.05, 3.63) is 15.6 Å². The quantitative estimate of drug-likeness (QED) is 0.622. The normalized spacial score (nSPS) is 10.1. The minimum Gasteiger partial charge on any atom is -0.461 e. The van der Waals surface area contributed by atoms with Crippen molar-refractivity contribution < 1.29 is 9.53 Å². The highest BCUT2D eigenvalue weighted by Crippen LogP contribution is 2.21. The van der Waals surface area contributed by atoms with Gasteiger partial charge in [-0.25, -0.2) is 9.78 Å². The number of esters is 1. The molecule has 13 heavy (non-hydrogen) atoms. The number of aryl methyl sites for hydroxylation is 1. The molecule has 0 bridgehead atoms. The third-order valence-electron chi connectivity index (χ3n) is 1.39. The number of rotatable bonds is 3. The van der Waals surface area contributed by atoms with E-state index in [1.807, 2.05) is 6.92 Å². The Morgan fingerprint density at radius 2 is 2.38 bits per heavy atom. The van der Waals surface area contributed by atoms with Crippen LogP contribution in [0, 0.1) is 6.92 Å². The Labute approximate surface area is 89.3 Å². The Morgan fingerprint density at radius 1 is 1.69 bits per heavy atom. The molecule has 0 saturated heterocycles. The highest BCUT2D eigenvalue weighted by atomic mass is 79.9. The summed E-state index contributed by atoms with van der Waals surface area (Å²) in [7, 11) is 0. The van der Waals surface area contributed by atoms with Crippen molar-refractivity contribution in [2.24, 2.45) is 0 Å². The molecular formula is C8H10BrNO2S. The standard InChI is InChI=1S/C8H10BrNO2S/c1-3-12-8(11)7-6(4-9)13-5(2)10-7/h3-4H2,1-2H3. The molecule has 0 aliphatic rings. The number of nitrogens with zero attached hydrogens (tertiary/aromatic N) is 1. The van der Waals surface area contributed by atoms with Crippen molar-refractivity contribution in [3.8, 4) is 0 Å². The number of carbonyl (C=O) groups is 1. The SMILES string of the molecule is CCOC(=O)c1nc(C)sc1CBr. The van der Waals surface area contributed by atoms with Gasteiger partial charge in [-0.15, -0.1) is 11.3 Å². The van der Waals surface area contributed by atoms with E-state index in [1.165, 1.54) is 11.3 Å². The predicted octanol–water partition coefficient (Wildman–Crippen LogP) is 2.52. The Hall–Kier alpha value is -0.420. The van der Waals surface area contributed by atoms with E-state index < -0.39 is 0 Å². The van der Waals surface area contributed by atoms with Crippen molar-refractivity contribution in [1.82, 2.24) is 4.98 Å². The molecule has 0 aliphatic carbocycles. The molecule has 3 nitrogen and oxygen atoms in total. The van der Waals surface area contributed by atoms with E-state index in [2.05, 4.69) is 20.9 Å². The summed E-state index contributed by atoms with van der Waals surface area (Å²) in [5.41, 5.74) is 0.446. The van der Waals surface area contributed by atoms with Crippen LogP contribution in [-0.2, 0) is 10.1 Å². The van der Waals surface area contributed by atoms with Crippen LogP contribution in [0.15, 0.2) is 0 Å². The Kier molecular flexibility index (Phi) is 3.87. The van der Waals surface area contributed by atoms with Gasteiger partial charge in [0.1, 0.15) is 0 Å². The van der Waals surface area contributed by atoms with Gasteiger partial charge in [-0.05, 0) is 13.8 Å². The average Bonchev–Trinajstić information content (AvgIpc) is 2.47. The van der Waals surface area contributed by atoms with Gasteiger partial charge in [0.05, 0.1) is 16.5 Å². The molecule has 0 amide bonds. The Bertz CT molecular complexity index is 311. The first-order chi connectivity index (χ1) is 6.19. The van der Waals surface area contributed by atoms with Crippen molar-refractivity contribution in [2.45, 2.75) is 19.2 Å². The smallest absolute Gasteiger partial charge is 0.358 e. The molecule has 0 saturated carbocycles. The molecule has 1 heterocycles. The van der Waals surface area contributed by atoms with Crippen molar-refractivity contribution in [3.63, 3.8) is 0 Å². The molecule has 72 valence electrons. The first kappa shape index (κ1) is 10.7. The van der Waals surface area contributed by atoms with Crippen LogP contribution < -0.4 is 0 Å². The maximum absolute atomic E-state index is 11.3. The van der Waals surface area contributed by atoms with Gasteiger partial charge in [0.2, 0.25) is 0 Å². The monoisotopic (exact) mass is 263 g/mol. The van der Waals surface area contributed by atoms with Crippen LogP contribution in [0.3, 0.4) is 0 Å². The highest BCUT2D eigenvalue weighted by Gasteiger charge is 2.16. The van der Waals surface area contributed by atoms with Crippen LogP contribution >= 0.6 is 27.3 Å². The van der Waals surface area contributed by atoms with Gasteiger partial charge >= 0.3 is 5.97 Å². The van der Waals surface area contributed by atoms with Gasteiger partial charge in [0.15, 0.2) is 5.69 Å². The predicted molar refractivity (Wildman–Crippen MR) is 55.4 cm³/mol. The van der Waals surface area contributed by atoms with E-state index in [-0.39, 0.29) is 5.97 Å². The number of ether oxygens (including phenoxy) is 1. The maximum Gasteiger partial charge on any atom is 0.358 e. The fourth-order valence-corrected chi connectivity index (χ4v) is 2.30. The van der Waals surface area contributed by atoms with E-state index in [0.29, 0.717) is 17.6 Å². The number of thiazole rings is 1. The average molecular weight is 264 g/mol. The molecule has 0 unspecified atom stereocenters. The van der Waals surface area contributed by atoms with Crippen molar-refractivity contribution in [2.75, 3.05) is 6.61 Å². The van der Waals surface area contributed by atoms with Crippen LogP contribution in [0.1, 0.15) is 27.3 Å². The maximum atomic E-state index is 11.3. The first-order valence-corrected chi connectivity index (χ1v) is 5.82. The van der Waals surface area contributed by atoms with E-state index >= 15 is 0 Å². The fraction of sp³-hybridized carbons (Fsp3) is 0.500. The van der Waals surface area contributed by atoms with Gasteiger partial charge < -0.3 is 4.74 Å². The lowest BCUT2D eigenvalue weighted by Gasteiger charge is -1.98. The molecule has 1 aromatic heterocycles. The summed E-state index contributed by atoms with van der Waals surface area (Å²) in [6.45, 7) is 4.04. The molecule has 0 atom stereocenters. The fourth-order valence-electron chi connectivity index (χ4n) is 0.919. The van der Waals surface area contributed by atoms with Crippen LogP contribution in [0.25, 0.3) is 0 Å². The highest BCUT2D eigenvalue weighted by molar-refractivity contribution is 9.08. The molecule has 5 heteroatoms. The zero-order valence-corrected chi connectivity index (χ0v) is 9.87. The number of aromatic nitrogens is 1.